The molecule has 1 aromatic carbocycles. The van der Waals surface area contributed by atoms with Crippen molar-refractivity contribution in [3.05, 3.63) is 41.6 Å². The number of hydrogen-bond donors (Lipinski definition) is 1. The predicted octanol–water partition coefficient (Wildman–Crippen LogP) is 3.73. The van der Waals surface area contributed by atoms with Crippen LogP contribution in [0.5, 0.6) is 0 Å². The first-order valence-corrected chi connectivity index (χ1v) is 6.89. The zero-order valence-corrected chi connectivity index (χ0v) is 11.4. The van der Waals surface area contributed by atoms with Crippen LogP contribution in [0.2, 0.25) is 0 Å². The van der Waals surface area contributed by atoms with Crippen LogP contribution in [0.4, 0.5) is 5.82 Å². The van der Waals surface area contributed by atoms with Crippen LogP contribution < -0.4 is 5.73 Å². The fourth-order valence-electron chi connectivity index (χ4n) is 2.35. The highest BCUT2D eigenvalue weighted by molar-refractivity contribution is 5.63. The molecule has 0 atom stereocenters. The fourth-order valence-corrected chi connectivity index (χ4v) is 2.35. The quantitative estimate of drug-likeness (QED) is 0.906. The highest BCUT2D eigenvalue weighted by atomic mass is 14.9. The standard InChI is InChI=1S/C16H19N3/c1-10(2)14-9-15(17)19-16(18-14)13-6-4-3-5-12(13)11-7-8-11/h3-6,9-11H,7-8H2,1-2H3,(H2,17,18,19). The number of nitrogens with two attached hydrogens (primary N) is 1. The molecule has 0 unspecified atom stereocenters. The number of rotatable bonds is 3. The molecule has 1 saturated carbocycles. The van der Waals surface area contributed by atoms with Crippen LogP contribution in [0.3, 0.4) is 0 Å². The van der Waals surface area contributed by atoms with Gasteiger partial charge in [-0.3, -0.25) is 0 Å². The van der Waals surface area contributed by atoms with Crippen molar-refractivity contribution in [1.82, 2.24) is 9.97 Å². The zero-order chi connectivity index (χ0) is 13.4. The van der Waals surface area contributed by atoms with Gasteiger partial charge in [0.1, 0.15) is 5.82 Å². The topological polar surface area (TPSA) is 51.8 Å². The Bertz CT molecular complexity index is 601. The summed E-state index contributed by atoms with van der Waals surface area (Å²) in [6, 6.07) is 10.3. The van der Waals surface area contributed by atoms with Crippen molar-refractivity contribution in [2.45, 2.75) is 38.5 Å². The van der Waals surface area contributed by atoms with Gasteiger partial charge in [-0.1, -0.05) is 38.1 Å². The van der Waals surface area contributed by atoms with E-state index in [1.807, 2.05) is 12.1 Å². The third-order valence-electron chi connectivity index (χ3n) is 3.58. The SMILES string of the molecule is CC(C)c1cc(N)nc(-c2ccccc2C2CC2)n1. The fraction of sp³-hybridized carbons (Fsp3) is 0.375. The molecule has 3 heteroatoms. The van der Waals surface area contributed by atoms with E-state index in [0.717, 1.165) is 17.1 Å². The summed E-state index contributed by atoms with van der Waals surface area (Å²) in [5, 5.41) is 0. The van der Waals surface area contributed by atoms with Gasteiger partial charge in [-0.25, -0.2) is 9.97 Å². The molecule has 3 nitrogen and oxygen atoms in total. The molecule has 0 amide bonds. The van der Waals surface area contributed by atoms with Crippen molar-refractivity contribution in [1.29, 1.82) is 0 Å². The van der Waals surface area contributed by atoms with Gasteiger partial charge in [0.2, 0.25) is 0 Å². The number of nitrogen functional groups attached to an aromatic ring is 1. The summed E-state index contributed by atoms with van der Waals surface area (Å²) in [4.78, 5) is 9.11. The van der Waals surface area contributed by atoms with Crippen molar-refractivity contribution in [3.63, 3.8) is 0 Å². The summed E-state index contributed by atoms with van der Waals surface area (Å²) in [5.74, 6) is 2.37. The second-order valence-electron chi connectivity index (χ2n) is 5.56. The van der Waals surface area contributed by atoms with Gasteiger partial charge in [0.15, 0.2) is 5.82 Å². The Kier molecular flexibility index (Phi) is 2.97. The van der Waals surface area contributed by atoms with Crippen molar-refractivity contribution >= 4 is 5.82 Å². The monoisotopic (exact) mass is 253 g/mol. The van der Waals surface area contributed by atoms with Crippen LogP contribution in [0.25, 0.3) is 11.4 Å². The average molecular weight is 253 g/mol. The van der Waals surface area contributed by atoms with E-state index in [9.17, 15) is 0 Å². The van der Waals surface area contributed by atoms with E-state index in [4.69, 9.17) is 5.73 Å². The Balaban J connectivity index is 2.11. The molecule has 0 aliphatic heterocycles. The molecule has 2 aromatic rings. The smallest absolute Gasteiger partial charge is 0.162 e. The zero-order valence-electron chi connectivity index (χ0n) is 11.4. The Morgan fingerprint density at radius 3 is 2.58 bits per heavy atom. The van der Waals surface area contributed by atoms with E-state index in [2.05, 4.69) is 42.0 Å². The number of nitrogens with zero attached hydrogens (tertiary/aromatic N) is 2. The number of hydrogen-bond acceptors (Lipinski definition) is 3. The van der Waals surface area contributed by atoms with Crippen molar-refractivity contribution in [2.24, 2.45) is 0 Å². The first kappa shape index (κ1) is 12.2. The molecule has 1 aliphatic carbocycles. The lowest BCUT2D eigenvalue weighted by Crippen LogP contribution is -2.02. The van der Waals surface area contributed by atoms with Gasteiger partial charge in [-0.05, 0) is 30.2 Å². The molecule has 1 aliphatic rings. The summed E-state index contributed by atoms with van der Waals surface area (Å²) in [5.41, 5.74) is 9.43. The van der Waals surface area contributed by atoms with Crippen LogP contribution in [0.1, 0.15) is 49.8 Å². The van der Waals surface area contributed by atoms with Crippen molar-refractivity contribution in [3.8, 4) is 11.4 Å². The first-order chi connectivity index (χ1) is 9.15. The van der Waals surface area contributed by atoms with E-state index in [0.29, 0.717) is 17.7 Å². The van der Waals surface area contributed by atoms with Crippen molar-refractivity contribution in [2.75, 3.05) is 5.73 Å². The predicted molar refractivity (Wildman–Crippen MR) is 77.9 cm³/mol. The molecular weight excluding hydrogens is 234 g/mol. The maximum atomic E-state index is 5.93. The van der Waals surface area contributed by atoms with E-state index < -0.39 is 0 Å². The lowest BCUT2D eigenvalue weighted by Gasteiger charge is -2.11. The largest absolute Gasteiger partial charge is 0.384 e. The minimum absolute atomic E-state index is 0.358. The maximum Gasteiger partial charge on any atom is 0.162 e. The van der Waals surface area contributed by atoms with Gasteiger partial charge in [0.05, 0.1) is 0 Å². The molecular formula is C16H19N3. The second-order valence-corrected chi connectivity index (χ2v) is 5.56. The van der Waals surface area contributed by atoms with Crippen LogP contribution in [0.15, 0.2) is 30.3 Å². The molecule has 2 N–H and O–H groups in total. The molecule has 98 valence electrons. The van der Waals surface area contributed by atoms with E-state index in [-0.39, 0.29) is 0 Å². The molecule has 0 radical (unpaired) electrons. The lowest BCUT2D eigenvalue weighted by atomic mass is 10.0. The third-order valence-corrected chi connectivity index (χ3v) is 3.58. The first-order valence-electron chi connectivity index (χ1n) is 6.89. The van der Waals surface area contributed by atoms with Crippen LogP contribution >= 0.6 is 0 Å². The van der Waals surface area contributed by atoms with E-state index in [1.54, 1.807) is 0 Å². The highest BCUT2D eigenvalue weighted by Crippen LogP contribution is 2.43. The number of benzene rings is 1. The number of aromatic nitrogens is 2. The Morgan fingerprint density at radius 2 is 1.89 bits per heavy atom. The van der Waals surface area contributed by atoms with Gasteiger partial charge in [0, 0.05) is 17.3 Å². The second kappa shape index (κ2) is 4.65. The number of anilines is 1. The minimum atomic E-state index is 0.358. The van der Waals surface area contributed by atoms with Gasteiger partial charge in [0.25, 0.3) is 0 Å². The summed E-state index contributed by atoms with van der Waals surface area (Å²) in [7, 11) is 0. The maximum absolute atomic E-state index is 5.93. The van der Waals surface area contributed by atoms with Gasteiger partial charge in [-0.15, -0.1) is 0 Å². The van der Waals surface area contributed by atoms with Crippen molar-refractivity contribution < 1.29 is 0 Å². The van der Waals surface area contributed by atoms with Crippen LogP contribution in [-0.4, -0.2) is 9.97 Å². The summed E-state index contributed by atoms with van der Waals surface area (Å²) in [6.45, 7) is 4.25. The summed E-state index contributed by atoms with van der Waals surface area (Å²) >= 11 is 0. The Labute approximate surface area is 113 Å². The molecule has 3 rings (SSSR count). The molecule has 0 spiro atoms. The van der Waals surface area contributed by atoms with Crippen LogP contribution in [-0.2, 0) is 0 Å². The summed E-state index contributed by atoms with van der Waals surface area (Å²) < 4.78 is 0. The normalized spacial score (nSPS) is 14.9. The molecule has 19 heavy (non-hydrogen) atoms. The van der Waals surface area contributed by atoms with E-state index >= 15 is 0 Å². The Hall–Kier alpha value is -1.90. The molecule has 1 aromatic heterocycles. The Morgan fingerprint density at radius 1 is 1.16 bits per heavy atom. The molecule has 1 heterocycles. The van der Waals surface area contributed by atoms with Gasteiger partial charge < -0.3 is 5.73 Å². The molecule has 0 saturated heterocycles. The van der Waals surface area contributed by atoms with Gasteiger partial charge >= 0.3 is 0 Å². The molecule has 1 fully saturated rings. The van der Waals surface area contributed by atoms with Crippen LogP contribution in [0, 0.1) is 0 Å². The minimum Gasteiger partial charge on any atom is -0.384 e. The highest BCUT2D eigenvalue weighted by Gasteiger charge is 2.26. The lowest BCUT2D eigenvalue weighted by molar-refractivity contribution is 0.818. The average Bonchev–Trinajstić information content (AvgIpc) is 3.22. The summed E-state index contributed by atoms with van der Waals surface area (Å²) in [6.07, 6.45) is 2.55. The molecule has 0 bridgehead atoms. The third kappa shape index (κ3) is 2.46. The van der Waals surface area contributed by atoms with E-state index in [1.165, 1.54) is 18.4 Å². The van der Waals surface area contributed by atoms with Gasteiger partial charge in [-0.2, -0.15) is 0 Å².